The van der Waals surface area contributed by atoms with E-state index in [-0.39, 0.29) is 22.9 Å². The Labute approximate surface area is 119 Å². The number of nitrogens with zero attached hydrogens (tertiary/aromatic N) is 1. The van der Waals surface area contributed by atoms with Gasteiger partial charge in [-0.2, -0.15) is 0 Å². The minimum absolute atomic E-state index is 0.0944. The van der Waals surface area contributed by atoms with Crippen LogP contribution in [-0.4, -0.2) is 41.5 Å². The second-order valence-electron chi connectivity index (χ2n) is 5.67. The first kappa shape index (κ1) is 14.8. The topological polar surface area (TPSA) is 65.2 Å². The van der Waals surface area contributed by atoms with E-state index in [1.165, 1.54) is 12.3 Å². The zero-order valence-electron chi connectivity index (χ0n) is 12.2. The first-order valence-corrected chi connectivity index (χ1v) is 7.28. The molecule has 2 N–H and O–H groups in total. The molecule has 0 spiro atoms. The molecule has 0 saturated carbocycles. The number of H-pyrrole nitrogens is 1. The van der Waals surface area contributed by atoms with E-state index >= 15 is 0 Å². The molecule has 0 unspecified atom stereocenters. The highest BCUT2D eigenvalue weighted by molar-refractivity contribution is 5.94. The Morgan fingerprint density at radius 1 is 1.40 bits per heavy atom. The van der Waals surface area contributed by atoms with Crippen molar-refractivity contribution in [2.75, 3.05) is 19.6 Å². The third-order valence-corrected chi connectivity index (χ3v) is 3.85. The first-order valence-electron chi connectivity index (χ1n) is 7.28. The molecular formula is C15H23N3O2. The lowest BCUT2D eigenvalue weighted by Gasteiger charge is -2.32. The molecule has 20 heavy (non-hydrogen) atoms. The summed E-state index contributed by atoms with van der Waals surface area (Å²) in [7, 11) is 0. The highest BCUT2D eigenvalue weighted by Gasteiger charge is 2.25. The summed E-state index contributed by atoms with van der Waals surface area (Å²) in [6.07, 6.45) is 5.22. The smallest absolute Gasteiger partial charge is 0.259 e. The van der Waals surface area contributed by atoms with Gasteiger partial charge in [-0.3, -0.25) is 9.59 Å². The van der Waals surface area contributed by atoms with Gasteiger partial charge in [-0.05, 0) is 45.7 Å². The van der Waals surface area contributed by atoms with Gasteiger partial charge in [-0.15, -0.1) is 0 Å². The molecule has 0 bridgehead atoms. The lowest BCUT2D eigenvalue weighted by Crippen LogP contribution is -2.44. The van der Waals surface area contributed by atoms with Gasteiger partial charge < -0.3 is 15.2 Å². The molecule has 1 aromatic rings. The van der Waals surface area contributed by atoms with E-state index in [0.717, 1.165) is 32.5 Å². The highest BCUT2D eigenvalue weighted by Crippen LogP contribution is 2.16. The Morgan fingerprint density at radius 2 is 2.10 bits per heavy atom. The maximum absolute atomic E-state index is 12.6. The van der Waals surface area contributed by atoms with Crippen molar-refractivity contribution in [3.63, 3.8) is 0 Å². The summed E-state index contributed by atoms with van der Waals surface area (Å²) >= 11 is 0. The number of amides is 1. The fourth-order valence-corrected chi connectivity index (χ4v) is 2.61. The predicted octanol–water partition coefficient (Wildman–Crippen LogP) is 1.23. The predicted molar refractivity (Wildman–Crippen MR) is 78.8 cm³/mol. The van der Waals surface area contributed by atoms with E-state index in [9.17, 15) is 9.59 Å². The van der Waals surface area contributed by atoms with Gasteiger partial charge in [0.05, 0.1) is 0 Å². The molecule has 1 saturated heterocycles. The molecule has 1 aromatic heterocycles. The van der Waals surface area contributed by atoms with Crippen molar-refractivity contribution in [1.29, 1.82) is 0 Å². The van der Waals surface area contributed by atoms with Crippen LogP contribution in [-0.2, 0) is 0 Å². The van der Waals surface area contributed by atoms with Crippen LogP contribution in [0.15, 0.2) is 23.3 Å². The molecule has 2 rings (SSSR count). The Bertz CT molecular complexity index is 504. The summed E-state index contributed by atoms with van der Waals surface area (Å²) in [5, 5.41) is 3.33. The lowest BCUT2D eigenvalue weighted by molar-refractivity contribution is 0.0656. The molecule has 110 valence electrons. The quantitative estimate of drug-likeness (QED) is 0.870. The third kappa shape index (κ3) is 3.48. The Balaban J connectivity index is 2.13. The van der Waals surface area contributed by atoms with Crippen LogP contribution in [0.1, 0.15) is 37.0 Å². The number of nitrogens with one attached hydrogen (secondary N) is 2. The maximum atomic E-state index is 12.6. The molecule has 0 aliphatic carbocycles. The Morgan fingerprint density at radius 3 is 2.70 bits per heavy atom. The molecule has 0 aromatic carbocycles. The molecular weight excluding hydrogens is 254 g/mol. The number of hydrogen-bond donors (Lipinski definition) is 2. The number of carbonyl (C=O) groups is 1. The summed E-state index contributed by atoms with van der Waals surface area (Å²) in [6.45, 7) is 6.74. The molecule has 2 heterocycles. The van der Waals surface area contributed by atoms with Crippen LogP contribution < -0.4 is 10.7 Å². The molecule has 0 atom stereocenters. The monoisotopic (exact) mass is 277 g/mol. The van der Waals surface area contributed by atoms with E-state index < -0.39 is 0 Å². The van der Waals surface area contributed by atoms with Crippen molar-refractivity contribution >= 4 is 5.91 Å². The Hall–Kier alpha value is -1.62. The van der Waals surface area contributed by atoms with Gasteiger partial charge in [0.25, 0.3) is 5.91 Å². The number of aromatic nitrogens is 1. The van der Waals surface area contributed by atoms with E-state index in [4.69, 9.17) is 0 Å². The molecule has 1 aliphatic heterocycles. The SMILES string of the molecule is CC(C)N(CC1CCNCC1)C(=O)c1c[nH]ccc1=O. The first-order chi connectivity index (χ1) is 9.59. The zero-order chi connectivity index (χ0) is 14.5. The van der Waals surface area contributed by atoms with Gasteiger partial charge in [0, 0.05) is 31.0 Å². The molecule has 5 nitrogen and oxygen atoms in total. The van der Waals surface area contributed by atoms with Crippen molar-refractivity contribution < 1.29 is 4.79 Å². The van der Waals surface area contributed by atoms with E-state index in [1.54, 1.807) is 6.20 Å². The summed E-state index contributed by atoms with van der Waals surface area (Å²) in [4.78, 5) is 29.0. The van der Waals surface area contributed by atoms with E-state index in [1.807, 2.05) is 18.7 Å². The van der Waals surface area contributed by atoms with Crippen LogP contribution >= 0.6 is 0 Å². The van der Waals surface area contributed by atoms with Gasteiger partial charge in [0.1, 0.15) is 5.56 Å². The van der Waals surface area contributed by atoms with E-state index in [2.05, 4.69) is 10.3 Å². The van der Waals surface area contributed by atoms with Crippen molar-refractivity contribution in [3.8, 4) is 0 Å². The highest BCUT2D eigenvalue weighted by atomic mass is 16.2. The Kier molecular flexibility index (Phi) is 4.95. The van der Waals surface area contributed by atoms with Crippen molar-refractivity contribution in [3.05, 3.63) is 34.2 Å². The van der Waals surface area contributed by atoms with Crippen molar-refractivity contribution in [2.24, 2.45) is 5.92 Å². The standard InChI is InChI=1S/C15H23N3O2/c1-11(2)18(10-12-3-6-16-7-4-12)15(20)13-9-17-8-5-14(13)19/h5,8-9,11-12,16H,3-4,6-7,10H2,1-2H3,(H,17,19). The summed E-state index contributed by atoms with van der Waals surface area (Å²) < 4.78 is 0. The number of hydrogen-bond acceptors (Lipinski definition) is 3. The fourth-order valence-electron chi connectivity index (χ4n) is 2.61. The maximum Gasteiger partial charge on any atom is 0.259 e. The van der Waals surface area contributed by atoms with Crippen LogP contribution in [0.5, 0.6) is 0 Å². The second kappa shape index (κ2) is 6.70. The molecule has 1 amide bonds. The summed E-state index contributed by atoms with van der Waals surface area (Å²) in [5.41, 5.74) is 0.0137. The van der Waals surface area contributed by atoms with Crippen LogP contribution in [0.2, 0.25) is 0 Å². The largest absolute Gasteiger partial charge is 0.367 e. The van der Waals surface area contributed by atoms with Gasteiger partial charge in [-0.25, -0.2) is 0 Å². The zero-order valence-corrected chi connectivity index (χ0v) is 12.2. The van der Waals surface area contributed by atoms with Gasteiger partial charge in [0.2, 0.25) is 0 Å². The van der Waals surface area contributed by atoms with E-state index in [0.29, 0.717) is 5.92 Å². The lowest BCUT2D eigenvalue weighted by atomic mass is 9.96. The minimum atomic E-state index is -0.218. The molecule has 1 aliphatic rings. The van der Waals surface area contributed by atoms with Gasteiger partial charge in [-0.1, -0.05) is 0 Å². The van der Waals surface area contributed by atoms with Crippen LogP contribution in [0.25, 0.3) is 0 Å². The number of carbonyl (C=O) groups excluding carboxylic acids is 1. The number of pyridine rings is 1. The second-order valence-corrected chi connectivity index (χ2v) is 5.67. The normalized spacial score (nSPS) is 16.4. The van der Waals surface area contributed by atoms with Gasteiger partial charge in [0.15, 0.2) is 5.43 Å². The van der Waals surface area contributed by atoms with Crippen molar-refractivity contribution in [1.82, 2.24) is 15.2 Å². The van der Waals surface area contributed by atoms with Crippen LogP contribution in [0, 0.1) is 5.92 Å². The molecule has 5 heteroatoms. The summed E-state index contributed by atoms with van der Waals surface area (Å²) in [5.74, 6) is 0.353. The average molecular weight is 277 g/mol. The third-order valence-electron chi connectivity index (χ3n) is 3.85. The molecule has 1 fully saturated rings. The summed E-state index contributed by atoms with van der Waals surface area (Å²) in [6, 6.07) is 1.49. The van der Waals surface area contributed by atoms with Crippen molar-refractivity contribution in [2.45, 2.75) is 32.7 Å². The van der Waals surface area contributed by atoms with Crippen LogP contribution in [0.4, 0.5) is 0 Å². The fraction of sp³-hybridized carbons (Fsp3) is 0.600. The number of aromatic amines is 1. The van der Waals surface area contributed by atoms with Crippen LogP contribution in [0.3, 0.4) is 0 Å². The minimum Gasteiger partial charge on any atom is -0.367 e. The number of rotatable bonds is 4. The average Bonchev–Trinajstić information content (AvgIpc) is 2.45. The number of piperidine rings is 1. The van der Waals surface area contributed by atoms with Gasteiger partial charge >= 0.3 is 0 Å². The molecule has 0 radical (unpaired) electrons.